The third kappa shape index (κ3) is 3.60. The molecule has 24 heavy (non-hydrogen) atoms. The SMILES string of the molecule is O=C(OCc1csc(-c2ccccc2Cl)n1)c1ccc(F)cc1F. The Balaban J connectivity index is 1.69. The van der Waals surface area contributed by atoms with E-state index in [1.807, 2.05) is 18.2 Å². The maximum atomic E-state index is 13.5. The van der Waals surface area contributed by atoms with Gasteiger partial charge in [-0.25, -0.2) is 18.6 Å². The number of ether oxygens (including phenoxy) is 1. The molecule has 1 aromatic heterocycles. The molecule has 2 aromatic carbocycles. The fourth-order valence-corrected chi connectivity index (χ4v) is 3.13. The number of aromatic nitrogens is 1. The topological polar surface area (TPSA) is 39.2 Å². The summed E-state index contributed by atoms with van der Waals surface area (Å²) in [7, 11) is 0. The van der Waals surface area contributed by atoms with Gasteiger partial charge in [0, 0.05) is 17.0 Å². The molecule has 0 aliphatic carbocycles. The van der Waals surface area contributed by atoms with Gasteiger partial charge in [-0.15, -0.1) is 11.3 Å². The molecule has 0 fully saturated rings. The highest BCUT2D eigenvalue weighted by Crippen LogP contribution is 2.30. The summed E-state index contributed by atoms with van der Waals surface area (Å²) >= 11 is 7.47. The summed E-state index contributed by atoms with van der Waals surface area (Å²) in [6.07, 6.45) is 0. The quantitative estimate of drug-likeness (QED) is 0.604. The molecule has 3 aromatic rings. The van der Waals surface area contributed by atoms with Crippen LogP contribution >= 0.6 is 22.9 Å². The van der Waals surface area contributed by atoms with Crippen LogP contribution in [0, 0.1) is 11.6 Å². The van der Waals surface area contributed by atoms with Gasteiger partial charge in [-0.1, -0.05) is 29.8 Å². The summed E-state index contributed by atoms with van der Waals surface area (Å²) in [4.78, 5) is 16.2. The summed E-state index contributed by atoms with van der Waals surface area (Å²) in [5.41, 5.74) is 0.982. The third-order valence-corrected chi connectivity index (χ3v) is 4.41. The molecule has 0 saturated carbocycles. The lowest BCUT2D eigenvalue weighted by molar-refractivity contribution is 0.0463. The number of halogens is 3. The van der Waals surface area contributed by atoms with Gasteiger partial charge in [-0.2, -0.15) is 0 Å². The second-order valence-corrected chi connectivity index (χ2v) is 6.09. The fraction of sp³-hybridized carbons (Fsp3) is 0.0588. The lowest BCUT2D eigenvalue weighted by Crippen LogP contribution is -2.08. The van der Waals surface area contributed by atoms with Gasteiger partial charge in [-0.3, -0.25) is 0 Å². The normalized spacial score (nSPS) is 10.6. The standard InChI is InChI=1S/C17H10ClF2NO2S/c18-14-4-2-1-3-12(14)16-21-11(9-24-16)8-23-17(22)13-6-5-10(19)7-15(13)20/h1-7,9H,8H2. The molecule has 7 heteroatoms. The Morgan fingerprint density at radius 1 is 1.21 bits per heavy atom. The number of benzene rings is 2. The number of rotatable bonds is 4. The number of hydrogen-bond donors (Lipinski definition) is 0. The highest BCUT2D eigenvalue weighted by atomic mass is 35.5. The summed E-state index contributed by atoms with van der Waals surface area (Å²) in [5.74, 6) is -2.59. The molecule has 1 heterocycles. The van der Waals surface area contributed by atoms with E-state index in [1.54, 1.807) is 11.4 Å². The van der Waals surface area contributed by atoms with Crippen molar-refractivity contribution in [2.75, 3.05) is 0 Å². The van der Waals surface area contributed by atoms with Crippen molar-refractivity contribution >= 4 is 28.9 Å². The molecule has 0 N–H and O–H groups in total. The van der Waals surface area contributed by atoms with E-state index in [4.69, 9.17) is 16.3 Å². The second kappa shape index (κ2) is 7.07. The Morgan fingerprint density at radius 3 is 2.75 bits per heavy atom. The molecule has 0 aliphatic heterocycles. The number of nitrogens with zero attached hydrogens (tertiary/aromatic N) is 1. The molecule has 0 saturated heterocycles. The minimum Gasteiger partial charge on any atom is -0.455 e. The molecule has 0 spiro atoms. The predicted octanol–water partition coefficient (Wildman–Crippen LogP) is 5.10. The first kappa shape index (κ1) is 16.5. The summed E-state index contributed by atoms with van der Waals surface area (Å²) in [6, 6.07) is 9.94. The Bertz CT molecular complexity index is 898. The highest BCUT2D eigenvalue weighted by molar-refractivity contribution is 7.13. The molecule has 0 amide bonds. The largest absolute Gasteiger partial charge is 0.455 e. The predicted molar refractivity (Wildman–Crippen MR) is 88.0 cm³/mol. The fourth-order valence-electron chi connectivity index (χ4n) is 2.00. The van der Waals surface area contributed by atoms with Crippen molar-refractivity contribution in [2.45, 2.75) is 6.61 Å². The minimum atomic E-state index is -0.963. The third-order valence-electron chi connectivity index (χ3n) is 3.16. The molecule has 122 valence electrons. The zero-order valence-electron chi connectivity index (χ0n) is 12.1. The number of thiazole rings is 1. The summed E-state index contributed by atoms with van der Waals surface area (Å²) in [5, 5.41) is 3.00. The molecular formula is C17H10ClF2NO2S. The first-order valence-corrected chi connectivity index (χ1v) is 8.12. The van der Waals surface area contributed by atoms with Crippen LogP contribution in [-0.4, -0.2) is 11.0 Å². The van der Waals surface area contributed by atoms with Crippen molar-refractivity contribution in [1.82, 2.24) is 4.98 Å². The van der Waals surface area contributed by atoms with E-state index in [-0.39, 0.29) is 12.2 Å². The van der Waals surface area contributed by atoms with Crippen molar-refractivity contribution in [2.24, 2.45) is 0 Å². The van der Waals surface area contributed by atoms with E-state index in [9.17, 15) is 13.6 Å². The van der Waals surface area contributed by atoms with E-state index in [0.717, 1.165) is 17.7 Å². The lowest BCUT2D eigenvalue weighted by Gasteiger charge is -2.04. The van der Waals surface area contributed by atoms with Crippen LogP contribution in [0.1, 0.15) is 16.1 Å². The van der Waals surface area contributed by atoms with Crippen molar-refractivity contribution < 1.29 is 18.3 Å². The highest BCUT2D eigenvalue weighted by Gasteiger charge is 2.15. The van der Waals surface area contributed by atoms with Crippen LogP contribution in [0.5, 0.6) is 0 Å². The smallest absolute Gasteiger partial charge is 0.341 e. The number of carbonyl (C=O) groups excluding carboxylic acids is 1. The maximum Gasteiger partial charge on any atom is 0.341 e. The zero-order valence-corrected chi connectivity index (χ0v) is 13.7. The van der Waals surface area contributed by atoms with Crippen LogP contribution in [0.15, 0.2) is 47.8 Å². The minimum absolute atomic E-state index is 0.114. The first-order chi connectivity index (χ1) is 11.5. The Labute approximate surface area is 145 Å². The van der Waals surface area contributed by atoms with Gasteiger partial charge >= 0.3 is 5.97 Å². The number of esters is 1. The lowest BCUT2D eigenvalue weighted by atomic mass is 10.2. The second-order valence-electron chi connectivity index (χ2n) is 4.82. The monoisotopic (exact) mass is 365 g/mol. The van der Waals surface area contributed by atoms with Crippen molar-refractivity contribution in [1.29, 1.82) is 0 Å². The van der Waals surface area contributed by atoms with E-state index in [2.05, 4.69) is 4.98 Å². The molecule has 0 unspecified atom stereocenters. The van der Waals surface area contributed by atoms with Crippen molar-refractivity contribution in [3.63, 3.8) is 0 Å². The van der Waals surface area contributed by atoms with E-state index in [0.29, 0.717) is 21.8 Å². The van der Waals surface area contributed by atoms with Gasteiger partial charge in [0.15, 0.2) is 0 Å². The van der Waals surface area contributed by atoms with Gasteiger partial charge in [-0.05, 0) is 18.2 Å². The number of carbonyl (C=O) groups is 1. The average Bonchev–Trinajstić information content (AvgIpc) is 3.02. The maximum absolute atomic E-state index is 13.5. The van der Waals surface area contributed by atoms with Gasteiger partial charge < -0.3 is 4.74 Å². The van der Waals surface area contributed by atoms with E-state index < -0.39 is 17.6 Å². The van der Waals surface area contributed by atoms with E-state index >= 15 is 0 Å². The Kier molecular flexibility index (Phi) is 4.87. The summed E-state index contributed by atoms with van der Waals surface area (Å²) in [6.45, 7) is -0.114. The van der Waals surface area contributed by atoms with E-state index in [1.165, 1.54) is 11.3 Å². The first-order valence-electron chi connectivity index (χ1n) is 6.86. The van der Waals surface area contributed by atoms with Crippen molar-refractivity contribution in [3.05, 3.63) is 75.8 Å². The average molecular weight is 366 g/mol. The molecule has 0 bridgehead atoms. The number of hydrogen-bond acceptors (Lipinski definition) is 4. The molecule has 0 aliphatic rings. The Hall–Kier alpha value is -2.31. The molecular weight excluding hydrogens is 356 g/mol. The van der Waals surface area contributed by atoms with Gasteiger partial charge in [0.2, 0.25) is 0 Å². The van der Waals surface area contributed by atoms with Crippen LogP contribution < -0.4 is 0 Å². The molecule has 0 atom stereocenters. The van der Waals surface area contributed by atoms with Crippen LogP contribution in [-0.2, 0) is 11.3 Å². The molecule has 3 nitrogen and oxygen atoms in total. The summed E-state index contributed by atoms with van der Waals surface area (Å²) < 4.78 is 31.4. The van der Waals surface area contributed by atoms with Crippen LogP contribution in [0.2, 0.25) is 5.02 Å². The van der Waals surface area contributed by atoms with Crippen LogP contribution in [0.4, 0.5) is 8.78 Å². The zero-order chi connectivity index (χ0) is 17.1. The van der Waals surface area contributed by atoms with Gasteiger partial charge in [0.05, 0.1) is 16.3 Å². The molecule has 3 rings (SSSR count). The van der Waals surface area contributed by atoms with Gasteiger partial charge in [0.25, 0.3) is 0 Å². The van der Waals surface area contributed by atoms with Gasteiger partial charge in [0.1, 0.15) is 23.2 Å². The van der Waals surface area contributed by atoms with Crippen LogP contribution in [0.3, 0.4) is 0 Å². The van der Waals surface area contributed by atoms with Crippen molar-refractivity contribution in [3.8, 4) is 10.6 Å². The Morgan fingerprint density at radius 2 is 2.00 bits per heavy atom. The molecule has 0 radical (unpaired) electrons. The van der Waals surface area contributed by atoms with Crippen LogP contribution in [0.25, 0.3) is 10.6 Å².